The molecule has 1 aromatic heterocycles. The van der Waals surface area contributed by atoms with Gasteiger partial charge in [0.2, 0.25) is 0 Å². The summed E-state index contributed by atoms with van der Waals surface area (Å²) >= 11 is 0. The summed E-state index contributed by atoms with van der Waals surface area (Å²) in [5.41, 5.74) is 0.992. The lowest BCUT2D eigenvalue weighted by atomic mass is 10.1. The molecule has 0 fully saturated rings. The van der Waals surface area contributed by atoms with Crippen LogP contribution in [0.3, 0.4) is 0 Å². The predicted molar refractivity (Wildman–Crippen MR) is 74.0 cm³/mol. The van der Waals surface area contributed by atoms with Gasteiger partial charge in [-0.1, -0.05) is 18.2 Å². The second kappa shape index (κ2) is 5.83. The molecule has 0 saturated carbocycles. The molecular formula is C14H12N2O4. The number of methoxy groups -OCH3 is 1. The first-order valence-electron chi connectivity index (χ1n) is 5.79. The molecule has 0 aliphatic rings. The van der Waals surface area contributed by atoms with Gasteiger partial charge in [0.15, 0.2) is 12.4 Å². The van der Waals surface area contributed by atoms with Gasteiger partial charge in [0, 0.05) is 0 Å². The van der Waals surface area contributed by atoms with Gasteiger partial charge in [0.05, 0.1) is 18.1 Å². The highest BCUT2D eigenvalue weighted by Gasteiger charge is 2.14. The van der Waals surface area contributed by atoms with Crippen molar-refractivity contribution in [2.24, 2.45) is 0 Å². The van der Waals surface area contributed by atoms with Crippen LogP contribution >= 0.6 is 0 Å². The largest absolute Gasteiger partial charge is 0.619 e. The smallest absolute Gasteiger partial charge is 0.288 e. The van der Waals surface area contributed by atoms with Crippen molar-refractivity contribution in [3.63, 3.8) is 0 Å². The van der Waals surface area contributed by atoms with Crippen molar-refractivity contribution in [2.45, 2.75) is 0 Å². The highest BCUT2D eigenvalue weighted by molar-refractivity contribution is 5.73. The third kappa shape index (κ3) is 3.11. The molecule has 0 amide bonds. The second-order valence-electron chi connectivity index (χ2n) is 4.01. The summed E-state index contributed by atoms with van der Waals surface area (Å²) in [5.74, 6) is 0.727. The Balaban J connectivity index is 2.30. The average Bonchev–Trinajstić information content (AvgIpc) is 2.45. The van der Waals surface area contributed by atoms with E-state index in [0.717, 1.165) is 23.7 Å². The van der Waals surface area contributed by atoms with E-state index < -0.39 is 4.92 Å². The fraction of sp³-hybridized carbons (Fsp3) is 0.0714. The summed E-state index contributed by atoms with van der Waals surface area (Å²) in [5, 5.41) is 22.1. The molecule has 0 radical (unpaired) electrons. The zero-order valence-corrected chi connectivity index (χ0v) is 10.7. The van der Waals surface area contributed by atoms with E-state index in [2.05, 4.69) is 0 Å². The molecule has 2 rings (SSSR count). The van der Waals surface area contributed by atoms with Crippen molar-refractivity contribution in [1.82, 2.24) is 0 Å². The van der Waals surface area contributed by atoms with Crippen LogP contribution in [0.5, 0.6) is 5.75 Å². The molecule has 102 valence electrons. The van der Waals surface area contributed by atoms with Gasteiger partial charge in [0.25, 0.3) is 5.69 Å². The fourth-order valence-corrected chi connectivity index (χ4v) is 1.68. The van der Waals surface area contributed by atoms with E-state index in [0.29, 0.717) is 4.73 Å². The van der Waals surface area contributed by atoms with Crippen LogP contribution in [0.1, 0.15) is 11.1 Å². The topological polar surface area (TPSA) is 79.3 Å². The molecule has 6 nitrogen and oxygen atoms in total. The van der Waals surface area contributed by atoms with Gasteiger partial charge >= 0.3 is 0 Å². The summed E-state index contributed by atoms with van der Waals surface area (Å²) in [6.45, 7) is 0. The number of ether oxygens (including phenoxy) is 1. The van der Waals surface area contributed by atoms with E-state index in [1.165, 1.54) is 12.1 Å². The van der Waals surface area contributed by atoms with Crippen molar-refractivity contribution >= 4 is 17.8 Å². The summed E-state index contributed by atoms with van der Waals surface area (Å²) in [4.78, 5) is 10.4. The van der Waals surface area contributed by atoms with Gasteiger partial charge < -0.3 is 9.94 Å². The number of hydrogen-bond acceptors (Lipinski definition) is 4. The van der Waals surface area contributed by atoms with Crippen molar-refractivity contribution in [3.8, 4) is 5.75 Å². The zero-order chi connectivity index (χ0) is 14.5. The van der Waals surface area contributed by atoms with Crippen LogP contribution in [-0.2, 0) is 0 Å². The van der Waals surface area contributed by atoms with E-state index in [-0.39, 0.29) is 11.3 Å². The summed E-state index contributed by atoms with van der Waals surface area (Å²) in [6.07, 6.45) is 5.50. The first kappa shape index (κ1) is 13.5. The van der Waals surface area contributed by atoms with Gasteiger partial charge in [-0.25, -0.2) is 0 Å². The monoisotopic (exact) mass is 272 g/mol. The van der Waals surface area contributed by atoms with E-state index in [4.69, 9.17) is 4.74 Å². The molecule has 0 atom stereocenters. The van der Waals surface area contributed by atoms with Crippen LogP contribution in [0.25, 0.3) is 12.2 Å². The number of benzene rings is 1. The summed E-state index contributed by atoms with van der Waals surface area (Å²) in [6, 6.07) is 8.38. The van der Waals surface area contributed by atoms with Crippen LogP contribution < -0.4 is 9.47 Å². The maximum atomic E-state index is 11.2. The Bertz CT molecular complexity index is 651. The lowest BCUT2D eigenvalue weighted by molar-refractivity contribution is -0.606. The number of hydrogen-bond donors (Lipinski definition) is 0. The normalized spacial score (nSPS) is 10.7. The number of nitrogens with zero attached hydrogens (tertiary/aromatic N) is 2. The van der Waals surface area contributed by atoms with E-state index in [1.54, 1.807) is 25.3 Å². The molecule has 0 aliphatic carbocycles. The second-order valence-corrected chi connectivity index (χ2v) is 4.01. The Morgan fingerprint density at radius 2 is 1.90 bits per heavy atom. The molecule has 0 aliphatic heterocycles. The Hall–Kier alpha value is -2.89. The molecule has 0 unspecified atom stereocenters. The highest BCUT2D eigenvalue weighted by Crippen LogP contribution is 2.19. The maximum Gasteiger partial charge on any atom is 0.288 e. The summed E-state index contributed by atoms with van der Waals surface area (Å²) < 4.78 is 5.57. The standard InChI is InChI=1S/C14H12N2O4/c1-20-13-6-3-11(4-7-13)2-5-12-10-15(17)9-8-14(12)16(18)19/h2-10H,1H3. The maximum absolute atomic E-state index is 11.2. The third-order valence-electron chi connectivity index (χ3n) is 2.71. The van der Waals surface area contributed by atoms with Crippen LogP contribution in [0.4, 0.5) is 5.69 Å². The van der Waals surface area contributed by atoms with Crippen molar-refractivity contribution in [2.75, 3.05) is 7.11 Å². The van der Waals surface area contributed by atoms with Crippen molar-refractivity contribution < 1.29 is 14.4 Å². The molecule has 0 bridgehead atoms. The van der Waals surface area contributed by atoms with Gasteiger partial charge in [-0.2, -0.15) is 4.73 Å². The van der Waals surface area contributed by atoms with Gasteiger partial charge in [-0.05, 0) is 23.8 Å². The fourth-order valence-electron chi connectivity index (χ4n) is 1.68. The number of pyridine rings is 1. The third-order valence-corrected chi connectivity index (χ3v) is 2.71. The quantitative estimate of drug-likeness (QED) is 0.370. The molecule has 0 N–H and O–H groups in total. The van der Waals surface area contributed by atoms with Crippen LogP contribution in [-0.4, -0.2) is 12.0 Å². The SMILES string of the molecule is COc1ccc(C=Cc2c[n+]([O-])ccc2[N+](=O)[O-])cc1. The zero-order valence-electron chi connectivity index (χ0n) is 10.7. The van der Waals surface area contributed by atoms with Crippen molar-refractivity contribution in [3.05, 3.63) is 69.2 Å². The Labute approximate surface area is 115 Å². The minimum atomic E-state index is -0.520. The minimum Gasteiger partial charge on any atom is -0.619 e. The minimum absolute atomic E-state index is 0.109. The first-order valence-corrected chi connectivity index (χ1v) is 5.79. The molecule has 6 heteroatoms. The van der Waals surface area contributed by atoms with Crippen LogP contribution in [0.2, 0.25) is 0 Å². The number of aromatic nitrogens is 1. The number of rotatable bonds is 4. The average molecular weight is 272 g/mol. The van der Waals surface area contributed by atoms with Gasteiger partial charge in [-0.15, -0.1) is 0 Å². The molecule has 0 spiro atoms. The Morgan fingerprint density at radius 3 is 2.50 bits per heavy atom. The van der Waals surface area contributed by atoms with Crippen LogP contribution in [0, 0.1) is 15.3 Å². The molecule has 1 heterocycles. The predicted octanol–water partition coefficient (Wildman–Crippen LogP) is 2.41. The van der Waals surface area contributed by atoms with Gasteiger partial charge in [-0.3, -0.25) is 10.1 Å². The first-order chi connectivity index (χ1) is 9.60. The molecule has 1 aromatic carbocycles. The molecule has 20 heavy (non-hydrogen) atoms. The highest BCUT2D eigenvalue weighted by atomic mass is 16.6. The lowest BCUT2D eigenvalue weighted by Gasteiger charge is -2.00. The number of nitro groups is 1. The van der Waals surface area contributed by atoms with Crippen molar-refractivity contribution in [1.29, 1.82) is 0 Å². The van der Waals surface area contributed by atoms with Gasteiger partial charge in [0.1, 0.15) is 11.3 Å². The van der Waals surface area contributed by atoms with E-state index >= 15 is 0 Å². The van der Waals surface area contributed by atoms with E-state index in [9.17, 15) is 15.3 Å². The van der Waals surface area contributed by atoms with Crippen LogP contribution in [0.15, 0.2) is 42.7 Å². The molecular weight excluding hydrogens is 260 g/mol. The molecule has 2 aromatic rings. The Morgan fingerprint density at radius 1 is 1.20 bits per heavy atom. The Kier molecular flexibility index (Phi) is 3.95. The molecule has 0 saturated heterocycles. The lowest BCUT2D eigenvalue weighted by Crippen LogP contribution is -2.24. The van der Waals surface area contributed by atoms with E-state index in [1.807, 2.05) is 12.1 Å². The summed E-state index contributed by atoms with van der Waals surface area (Å²) in [7, 11) is 1.57.